The second kappa shape index (κ2) is 6.13. The predicted octanol–water partition coefficient (Wildman–Crippen LogP) is 4.49. The first kappa shape index (κ1) is 15.3. The van der Waals surface area contributed by atoms with Crippen molar-refractivity contribution in [2.24, 2.45) is 0 Å². The van der Waals surface area contributed by atoms with E-state index in [1.165, 1.54) is 0 Å². The van der Waals surface area contributed by atoms with Crippen molar-refractivity contribution in [2.45, 2.75) is 26.7 Å². The monoisotopic (exact) mass is 402 g/mol. The van der Waals surface area contributed by atoms with Crippen LogP contribution in [0.1, 0.15) is 31.2 Å². The van der Waals surface area contributed by atoms with Gasteiger partial charge < -0.3 is 11.1 Å². The number of nitrogens with one attached hydrogen (secondary N) is 1. The van der Waals surface area contributed by atoms with E-state index in [1.54, 1.807) is 0 Å². The second-order valence-electron chi connectivity index (χ2n) is 4.84. The summed E-state index contributed by atoms with van der Waals surface area (Å²) in [4.78, 5) is 8.83. The van der Waals surface area contributed by atoms with Crippen LogP contribution in [0.3, 0.4) is 0 Å². The Morgan fingerprint density at radius 1 is 1.30 bits per heavy atom. The Morgan fingerprint density at radius 3 is 2.60 bits per heavy atom. The second-order valence-corrected chi connectivity index (χ2v) is 6.50. The molecule has 0 aliphatic carbocycles. The summed E-state index contributed by atoms with van der Waals surface area (Å²) in [5, 5.41) is 3.89. The van der Waals surface area contributed by atoms with Gasteiger partial charge in [-0.1, -0.05) is 25.4 Å². The normalized spacial score (nSPS) is 10.9. The van der Waals surface area contributed by atoms with Crippen LogP contribution >= 0.6 is 34.2 Å². The van der Waals surface area contributed by atoms with Gasteiger partial charge in [0.1, 0.15) is 17.5 Å². The van der Waals surface area contributed by atoms with E-state index in [1.807, 2.05) is 39.0 Å². The van der Waals surface area contributed by atoms with Crippen molar-refractivity contribution in [3.63, 3.8) is 0 Å². The van der Waals surface area contributed by atoms with Gasteiger partial charge in [0, 0.05) is 15.1 Å². The number of nitrogen functional groups attached to an aromatic ring is 1. The third-order valence-electron chi connectivity index (χ3n) is 2.90. The molecule has 3 N–H and O–H groups in total. The van der Waals surface area contributed by atoms with Crippen molar-refractivity contribution in [1.82, 2.24) is 9.97 Å². The molecule has 1 aromatic carbocycles. The summed E-state index contributed by atoms with van der Waals surface area (Å²) in [6, 6.07) is 5.81. The fourth-order valence-corrected chi connectivity index (χ4v) is 2.55. The maximum Gasteiger partial charge on any atom is 0.139 e. The van der Waals surface area contributed by atoms with Crippen molar-refractivity contribution in [3.8, 4) is 0 Å². The molecule has 1 aromatic heterocycles. The van der Waals surface area contributed by atoms with Gasteiger partial charge in [0.15, 0.2) is 0 Å². The highest BCUT2D eigenvalue weighted by Gasteiger charge is 2.12. The number of anilines is 3. The lowest BCUT2D eigenvalue weighted by Gasteiger charge is -2.14. The van der Waals surface area contributed by atoms with Gasteiger partial charge in [0.25, 0.3) is 0 Å². The zero-order valence-electron chi connectivity index (χ0n) is 11.5. The van der Waals surface area contributed by atoms with E-state index in [2.05, 4.69) is 37.9 Å². The molecule has 0 unspecified atom stereocenters. The standard InChI is InChI=1S/C14H16ClIN4/c1-7(2)13-19-12(17)8(3)14(20-13)18-11-5-4-9(16)6-10(11)15/h4-7H,1-3H3,(H3,17,18,19,20). The minimum atomic E-state index is 0.214. The lowest BCUT2D eigenvalue weighted by molar-refractivity contribution is 0.776. The van der Waals surface area contributed by atoms with E-state index < -0.39 is 0 Å². The highest BCUT2D eigenvalue weighted by atomic mass is 127. The van der Waals surface area contributed by atoms with Crippen molar-refractivity contribution in [1.29, 1.82) is 0 Å². The first-order valence-corrected chi connectivity index (χ1v) is 7.70. The summed E-state index contributed by atoms with van der Waals surface area (Å²) in [5.41, 5.74) is 7.58. The highest BCUT2D eigenvalue weighted by molar-refractivity contribution is 14.1. The van der Waals surface area contributed by atoms with E-state index in [4.69, 9.17) is 17.3 Å². The average molecular weight is 403 g/mol. The number of nitrogens with two attached hydrogens (primary N) is 1. The summed E-state index contributed by atoms with van der Waals surface area (Å²) in [6.45, 7) is 5.96. The molecule has 0 aliphatic heterocycles. The molecule has 20 heavy (non-hydrogen) atoms. The Kier molecular flexibility index (Phi) is 4.70. The van der Waals surface area contributed by atoms with Crippen molar-refractivity contribution >= 4 is 51.5 Å². The zero-order chi connectivity index (χ0) is 14.9. The molecule has 6 heteroatoms. The van der Waals surface area contributed by atoms with Crippen LogP contribution in [-0.2, 0) is 0 Å². The molecule has 0 aliphatic rings. The van der Waals surface area contributed by atoms with Crippen molar-refractivity contribution < 1.29 is 0 Å². The number of aromatic nitrogens is 2. The third-order valence-corrected chi connectivity index (χ3v) is 3.89. The van der Waals surface area contributed by atoms with Gasteiger partial charge in [-0.15, -0.1) is 0 Å². The largest absolute Gasteiger partial charge is 0.383 e. The summed E-state index contributed by atoms with van der Waals surface area (Å²) in [5.74, 6) is 2.13. The van der Waals surface area contributed by atoms with Crippen molar-refractivity contribution in [3.05, 3.63) is 38.2 Å². The van der Waals surface area contributed by atoms with E-state index in [0.29, 0.717) is 16.7 Å². The van der Waals surface area contributed by atoms with Crippen LogP contribution in [0.15, 0.2) is 18.2 Å². The Morgan fingerprint density at radius 2 is 2.00 bits per heavy atom. The molecule has 0 fully saturated rings. The van der Waals surface area contributed by atoms with E-state index >= 15 is 0 Å². The molecular formula is C14H16ClIN4. The summed E-state index contributed by atoms with van der Waals surface area (Å²) < 4.78 is 1.08. The smallest absolute Gasteiger partial charge is 0.139 e. The van der Waals surface area contributed by atoms with Crippen LogP contribution in [0, 0.1) is 10.5 Å². The van der Waals surface area contributed by atoms with Gasteiger partial charge in [-0.3, -0.25) is 0 Å². The van der Waals surface area contributed by atoms with Crippen molar-refractivity contribution in [2.75, 3.05) is 11.1 Å². The number of rotatable bonds is 3. The lowest BCUT2D eigenvalue weighted by atomic mass is 10.2. The predicted molar refractivity (Wildman–Crippen MR) is 92.7 cm³/mol. The first-order valence-electron chi connectivity index (χ1n) is 6.24. The van der Waals surface area contributed by atoms with Crippen LogP contribution in [-0.4, -0.2) is 9.97 Å². The molecule has 0 radical (unpaired) electrons. The van der Waals surface area contributed by atoms with E-state index in [-0.39, 0.29) is 5.92 Å². The first-order chi connectivity index (χ1) is 9.38. The topological polar surface area (TPSA) is 63.8 Å². The number of benzene rings is 1. The number of hydrogen-bond donors (Lipinski definition) is 2. The zero-order valence-corrected chi connectivity index (χ0v) is 14.5. The van der Waals surface area contributed by atoms with Gasteiger partial charge >= 0.3 is 0 Å². The third kappa shape index (κ3) is 3.32. The van der Waals surface area contributed by atoms with Crippen LogP contribution < -0.4 is 11.1 Å². The van der Waals surface area contributed by atoms with Gasteiger partial charge in [-0.25, -0.2) is 9.97 Å². The molecule has 1 heterocycles. The number of nitrogens with zero attached hydrogens (tertiary/aromatic N) is 2. The molecule has 0 amide bonds. The van der Waals surface area contributed by atoms with Crippen LogP contribution in [0.25, 0.3) is 0 Å². The Balaban J connectivity index is 2.42. The highest BCUT2D eigenvalue weighted by Crippen LogP contribution is 2.29. The molecule has 106 valence electrons. The van der Waals surface area contributed by atoms with Gasteiger partial charge in [-0.2, -0.15) is 0 Å². The Hall–Kier alpha value is -1.08. The lowest BCUT2D eigenvalue weighted by Crippen LogP contribution is -2.08. The maximum absolute atomic E-state index is 6.23. The summed E-state index contributed by atoms with van der Waals surface area (Å²) in [7, 11) is 0. The fourth-order valence-electron chi connectivity index (χ4n) is 1.65. The van der Waals surface area contributed by atoms with Gasteiger partial charge in [0.05, 0.1) is 10.7 Å². The molecule has 0 atom stereocenters. The Bertz CT molecular complexity index is 643. The van der Waals surface area contributed by atoms with Gasteiger partial charge in [-0.05, 0) is 47.7 Å². The number of halogens is 2. The molecule has 2 rings (SSSR count). The summed E-state index contributed by atoms with van der Waals surface area (Å²) in [6.07, 6.45) is 0. The minimum Gasteiger partial charge on any atom is -0.383 e. The molecular weight excluding hydrogens is 387 g/mol. The molecule has 0 saturated heterocycles. The maximum atomic E-state index is 6.23. The quantitative estimate of drug-likeness (QED) is 0.742. The average Bonchev–Trinajstić information content (AvgIpc) is 2.37. The van der Waals surface area contributed by atoms with Gasteiger partial charge in [0.2, 0.25) is 0 Å². The Labute approximate surface area is 137 Å². The van der Waals surface area contributed by atoms with Crippen LogP contribution in [0.4, 0.5) is 17.3 Å². The number of hydrogen-bond acceptors (Lipinski definition) is 4. The molecule has 0 bridgehead atoms. The van der Waals surface area contributed by atoms with Crippen LogP contribution in [0.2, 0.25) is 5.02 Å². The van der Waals surface area contributed by atoms with E-state index in [0.717, 1.165) is 20.6 Å². The molecule has 2 aromatic rings. The fraction of sp³-hybridized carbons (Fsp3) is 0.286. The molecule has 4 nitrogen and oxygen atoms in total. The molecule has 0 spiro atoms. The van der Waals surface area contributed by atoms with Crippen LogP contribution in [0.5, 0.6) is 0 Å². The molecule has 0 saturated carbocycles. The van der Waals surface area contributed by atoms with E-state index in [9.17, 15) is 0 Å². The summed E-state index contributed by atoms with van der Waals surface area (Å²) >= 11 is 8.45. The minimum absolute atomic E-state index is 0.214. The SMILES string of the molecule is Cc1c(N)nc(C(C)C)nc1Nc1ccc(I)cc1Cl.